The van der Waals surface area contributed by atoms with Gasteiger partial charge in [-0.15, -0.1) is 0 Å². The van der Waals surface area contributed by atoms with E-state index in [4.69, 9.17) is 9.47 Å². The summed E-state index contributed by atoms with van der Waals surface area (Å²) in [6, 6.07) is 14.3. The molecule has 1 unspecified atom stereocenters. The molecule has 2 aliphatic carbocycles. The molecule has 0 bridgehead atoms. The Hall–Kier alpha value is -4.14. The second-order valence-electron chi connectivity index (χ2n) is 11.6. The molecular weight excluding hydrogens is 558 g/mol. The van der Waals surface area contributed by atoms with Crippen LogP contribution < -0.4 is 0 Å². The predicted molar refractivity (Wildman–Crippen MR) is 169 cm³/mol. The average Bonchev–Trinajstić information content (AvgIpc) is 3.68. The molecule has 0 radical (unpaired) electrons. The van der Waals surface area contributed by atoms with Crippen molar-refractivity contribution in [1.82, 2.24) is 14.7 Å². The van der Waals surface area contributed by atoms with Gasteiger partial charge in [0, 0.05) is 33.1 Å². The number of fused-ring (bicyclic) bond motifs is 3. The number of hydrogen-bond acceptors (Lipinski definition) is 6. The Kier molecular flexibility index (Phi) is 11.2. The van der Waals surface area contributed by atoms with Gasteiger partial charge in [0.25, 0.3) is 0 Å². The lowest BCUT2D eigenvalue weighted by Gasteiger charge is -2.37. The van der Waals surface area contributed by atoms with Crippen LogP contribution in [0.25, 0.3) is 11.1 Å². The first-order chi connectivity index (χ1) is 21.2. The Morgan fingerprint density at radius 3 is 1.98 bits per heavy atom. The summed E-state index contributed by atoms with van der Waals surface area (Å²) in [6.45, 7) is 8.28. The van der Waals surface area contributed by atoms with E-state index in [-0.39, 0.29) is 37.4 Å². The van der Waals surface area contributed by atoms with E-state index in [1.54, 1.807) is 11.9 Å². The SMILES string of the molecule is C=CCOC(=O)C[C@@H](C(=O)N(CC)CC)N(C)C(=O)C(C1CCCC1)N(C)C(=O)OCC1c2ccccc2-c2ccccc21. The van der Waals surface area contributed by atoms with Crippen molar-refractivity contribution in [3.05, 3.63) is 72.3 Å². The molecule has 2 aromatic carbocycles. The van der Waals surface area contributed by atoms with Crippen LogP contribution in [0, 0.1) is 5.92 Å². The smallest absolute Gasteiger partial charge is 0.410 e. The van der Waals surface area contributed by atoms with E-state index < -0.39 is 30.1 Å². The van der Waals surface area contributed by atoms with Crippen molar-refractivity contribution in [2.45, 2.75) is 64.0 Å². The molecule has 0 heterocycles. The van der Waals surface area contributed by atoms with Crippen LogP contribution in [0.3, 0.4) is 0 Å². The highest BCUT2D eigenvalue weighted by atomic mass is 16.6. The lowest BCUT2D eigenvalue weighted by atomic mass is 9.95. The van der Waals surface area contributed by atoms with Crippen LogP contribution >= 0.6 is 0 Å². The molecular formula is C35H45N3O6. The van der Waals surface area contributed by atoms with Crippen molar-refractivity contribution >= 4 is 23.9 Å². The number of esters is 1. The predicted octanol–water partition coefficient (Wildman–Crippen LogP) is 5.24. The molecule has 1 fully saturated rings. The number of nitrogens with zero attached hydrogens (tertiary/aromatic N) is 3. The van der Waals surface area contributed by atoms with Crippen LogP contribution in [0.4, 0.5) is 4.79 Å². The highest BCUT2D eigenvalue weighted by Crippen LogP contribution is 2.44. The lowest BCUT2D eigenvalue weighted by molar-refractivity contribution is -0.153. The van der Waals surface area contributed by atoms with E-state index in [1.807, 2.05) is 38.1 Å². The summed E-state index contributed by atoms with van der Waals surface area (Å²) in [5.74, 6) is -1.53. The summed E-state index contributed by atoms with van der Waals surface area (Å²) < 4.78 is 11.1. The summed E-state index contributed by atoms with van der Waals surface area (Å²) in [6.07, 6.45) is 4.02. The van der Waals surface area contributed by atoms with Gasteiger partial charge in [-0.25, -0.2) is 4.79 Å². The van der Waals surface area contributed by atoms with Crippen molar-refractivity contribution in [2.24, 2.45) is 5.92 Å². The van der Waals surface area contributed by atoms with Gasteiger partial charge in [0.1, 0.15) is 25.3 Å². The second kappa shape index (κ2) is 15.0. The highest BCUT2D eigenvalue weighted by Gasteiger charge is 2.42. The topological polar surface area (TPSA) is 96.5 Å². The number of ether oxygens (including phenoxy) is 2. The average molecular weight is 604 g/mol. The molecule has 2 aromatic rings. The van der Waals surface area contributed by atoms with Crippen molar-refractivity contribution in [3.63, 3.8) is 0 Å². The maximum absolute atomic E-state index is 14.2. The first-order valence-electron chi connectivity index (χ1n) is 15.6. The van der Waals surface area contributed by atoms with Gasteiger partial charge in [-0.1, -0.05) is 74.0 Å². The van der Waals surface area contributed by atoms with Crippen molar-refractivity contribution in [2.75, 3.05) is 40.4 Å². The fourth-order valence-corrected chi connectivity index (χ4v) is 6.63. The quantitative estimate of drug-likeness (QED) is 0.230. The summed E-state index contributed by atoms with van der Waals surface area (Å²) in [4.78, 5) is 58.4. The van der Waals surface area contributed by atoms with Gasteiger partial charge < -0.3 is 19.3 Å². The maximum Gasteiger partial charge on any atom is 0.410 e. The largest absolute Gasteiger partial charge is 0.461 e. The van der Waals surface area contributed by atoms with E-state index in [1.165, 1.54) is 22.9 Å². The fourth-order valence-electron chi connectivity index (χ4n) is 6.63. The highest BCUT2D eigenvalue weighted by molar-refractivity contribution is 5.93. The van der Waals surface area contributed by atoms with E-state index in [2.05, 4.69) is 30.8 Å². The molecule has 0 aliphatic heterocycles. The zero-order chi connectivity index (χ0) is 31.8. The van der Waals surface area contributed by atoms with Gasteiger partial charge >= 0.3 is 12.1 Å². The Balaban J connectivity index is 1.54. The normalized spacial score (nSPS) is 15.5. The summed E-state index contributed by atoms with van der Waals surface area (Å²) >= 11 is 0. The first kappa shape index (κ1) is 32.8. The first-order valence-corrected chi connectivity index (χ1v) is 15.6. The third-order valence-corrected chi connectivity index (χ3v) is 9.04. The van der Waals surface area contributed by atoms with Gasteiger partial charge in [-0.3, -0.25) is 19.3 Å². The van der Waals surface area contributed by atoms with Gasteiger partial charge in [0.2, 0.25) is 11.8 Å². The third kappa shape index (κ3) is 6.98. The number of amides is 3. The molecule has 0 N–H and O–H groups in total. The molecule has 0 saturated heterocycles. The third-order valence-electron chi connectivity index (χ3n) is 9.04. The Bertz CT molecular complexity index is 1300. The molecule has 0 aromatic heterocycles. The molecule has 44 heavy (non-hydrogen) atoms. The van der Waals surface area contributed by atoms with Crippen LogP contribution in [-0.4, -0.2) is 91.1 Å². The lowest BCUT2D eigenvalue weighted by Crippen LogP contribution is -2.57. The van der Waals surface area contributed by atoms with Crippen LogP contribution in [-0.2, 0) is 23.9 Å². The number of hydrogen-bond donors (Lipinski definition) is 0. The van der Waals surface area contributed by atoms with Gasteiger partial charge in [0.05, 0.1) is 6.42 Å². The van der Waals surface area contributed by atoms with E-state index in [0.717, 1.165) is 47.9 Å². The molecule has 9 nitrogen and oxygen atoms in total. The minimum absolute atomic E-state index is 0.0118. The summed E-state index contributed by atoms with van der Waals surface area (Å²) in [5, 5.41) is 0. The number of carbonyl (C=O) groups is 4. The molecule has 3 amide bonds. The Labute approximate surface area is 260 Å². The number of likely N-dealkylation sites (N-methyl/N-ethyl adjacent to an activating group) is 3. The molecule has 2 atom stereocenters. The van der Waals surface area contributed by atoms with E-state index in [0.29, 0.717) is 13.1 Å². The summed E-state index contributed by atoms with van der Waals surface area (Å²) in [7, 11) is 3.12. The zero-order valence-corrected chi connectivity index (χ0v) is 26.4. The number of benzene rings is 2. The molecule has 1 saturated carbocycles. The summed E-state index contributed by atoms with van der Waals surface area (Å²) in [5.41, 5.74) is 4.48. The standard InChI is InChI=1S/C35H45N3O6/c1-6-21-43-31(39)22-30(33(40)38(7-2)8-3)36(4)34(41)32(24-15-9-10-16-24)37(5)35(42)44-23-29-27-19-13-11-17-25(27)26-18-12-14-20-28(26)29/h6,11-14,17-20,24,29-30,32H,1,7-10,15-16,21-23H2,2-5H3/t30-,32?/m0/s1. The minimum atomic E-state index is -1.07. The van der Waals surface area contributed by atoms with Crippen molar-refractivity contribution in [3.8, 4) is 11.1 Å². The number of rotatable bonds is 13. The molecule has 2 aliphatic rings. The molecule has 4 rings (SSSR count). The fraction of sp³-hybridized carbons (Fsp3) is 0.486. The monoisotopic (exact) mass is 603 g/mol. The van der Waals surface area contributed by atoms with Gasteiger partial charge in [-0.05, 0) is 54.9 Å². The maximum atomic E-state index is 14.2. The zero-order valence-electron chi connectivity index (χ0n) is 26.4. The molecule has 236 valence electrons. The Morgan fingerprint density at radius 1 is 0.864 bits per heavy atom. The van der Waals surface area contributed by atoms with Crippen LogP contribution in [0.2, 0.25) is 0 Å². The van der Waals surface area contributed by atoms with E-state index in [9.17, 15) is 19.2 Å². The number of carbonyl (C=O) groups excluding carboxylic acids is 4. The minimum Gasteiger partial charge on any atom is -0.461 e. The van der Waals surface area contributed by atoms with Crippen LogP contribution in [0.1, 0.15) is 63.0 Å². The molecule has 9 heteroatoms. The Morgan fingerprint density at radius 2 is 1.43 bits per heavy atom. The molecule has 0 spiro atoms. The van der Waals surface area contributed by atoms with Crippen molar-refractivity contribution < 1.29 is 28.7 Å². The van der Waals surface area contributed by atoms with Gasteiger partial charge in [-0.2, -0.15) is 0 Å². The second-order valence-corrected chi connectivity index (χ2v) is 11.6. The van der Waals surface area contributed by atoms with Gasteiger partial charge in [0.15, 0.2) is 0 Å². The van der Waals surface area contributed by atoms with Crippen LogP contribution in [0.15, 0.2) is 61.2 Å². The van der Waals surface area contributed by atoms with E-state index >= 15 is 0 Å². The van der Waals surface area contributed by atoms with Crippen LogP contribution in [0.5, 0.6) is 0 Å². The van der Waals surface area contributed by atoms with Crippen molar-refractivity contribution in [1.29, 1.82) is 0 Å².